The Hall–Kier alpha value is -0.380. The molecule has 1 aromatic rings. The van der Waals surface area contributed by atoms with Crippen molar-refractivity contribution in [2.75, 3.05) is 19.8 Å². The minimum Gasteiger partial charge on any atom is -0.365 e. The van der Waals surface area contributed by atoms with E-state index in [4.69, 9.17) is 25.4 Å². The van der Waals surface area contributed by atoms with Crippen LogP contribution in [-0.4, -0.2) is 25.7 Å². The Kier molecular flexibility index (Phi) is 7.78. The molecule has 0 aliphatic rings. The van der Waals surface area contributed by atoms with Crippen LogP contribution in [0, 0.1) is 0 Å². The largest absolute Gasteiger partial charge is 0.365 e. The average molecular weight is 321 g/mol. The van der Waals surface area contributed by atoms with E-state index in [1.54, 1.807) is 26.0 Å². The zero-order valence-corrected chi connectivity index (χ0v) is 13.8. The lowest BCUT2D eigenvalue weighted by Crippen LogP contribution is -2.20. The molecule has 1 aromatic carbocycles. The van der Waals surface area contributed by atoms with Gasteiger partial charge in [-0.1, -0.05) is 23.7 Å². The maximum atomic E-state index is 12.8. The van der Waals surface area contributed by atoms with Crippen LogP contribution in [0.4, 0.5) is 0 Å². The first-order valence-electron chi connectivity index (χ1n) is 6.80. The first-order chi connectivity index (χ1) is 9.55. The van der Waals surface area contributed by atoms with Gasteiger partial charge in [0.25, 0.3) is 0 Å². The lowest BCUT2D eigenvalue weighted by Gasteiger charge is -2.26. The summed E-state index contributed by atoms with van der Waals surface area (Å²) < 4.78 is 29.1. The molecule has 0 aliphatic carbocycles. The predicted molar refractivity (Wildman–Crippen MR) is 81.4 cm³/mol. The summed E-state index contributed by atoms with van der Waals surface area (Å²) in [4.78, 5) is 0. The van der Waals surface area contributed by atoms with Crippen molar-refractivity contribution in [1.82, 2.24) is 0 Å². The second kappa shape index (κ2) is 8.81. The minimum atomic E-state index is -3.28. The Balaban J connectivity index is 2.90. The van der Waals surface area contributed by atoms with E-state index in [-0.39, 0.29) is 0 Å². The Bertz CT molecular complexity index is 425. The fourth-order valence-electron chi connectivity index (χ4n) is 1.84. The average Bonchev–Trinajstić information content (AvgIpc) is 2.41. The van der Waals surface area contributed by atoms with Gasteiger partial charge >= 0.3 is 7.60 Å². The molecular weight excluding hydrogens is 299 g/mol. The van der Waals surface area contributed by atoms with Crippen LogP contribution in [0.3, 0.4) is 0 Å². The normalized spacial score (nSPS) is 13.4. The summed E-state index contributed by atoms with van der Waals surface area (Å²) in [5.74, 6) is -0.603. The highest BCUT2D eigenvalue weighted by Crippen LogP contribution is 2.54. The van der Waals surface area contributed by atoms with Gasteiger partial charge in [0.15, 0.2) is 5.85 Å². The van der Waals surface area contributed by atoms with E-state index in [1.165, 1.54) is 0 Å². The van der Waals surface area contributed by atoms with Crippen molar-refractivity contribution in [3.63, 3.8) is 0 Å². The molecule has 0 bridgehead atoms. The van der Waals surface area contributed by atoms with Crippen LogP contribution in [0.5, 0.6) is 0 Å². The van der Waals surface area contributed by atoms with Crippen LogP contribution < -0.4 is 0 Å². The monoisotopic (exact) mass is 320 g/mol. The Morgan fingerprint density at radius 1 is 1.05 bits per heavy atom. The Morgan fingerprint density at radius 3 is 2.05 bits per heavy atom. The highest BCUT2D eigenvalue weighted by atomic mass is 35.5. The molecule has 1 rings (SSSR count). The first-order valence-corrected chi connectivity index (χ1v) is 8.79. The predicted octanol–water partition coefficient (Wildman–Crippen LogP) is 4.51. The molecule has 6 heteroatoms. The van der Waals surface area contributed by atoms with Crippen molar-refractivity contribution in [2.45, 2.75) is 33.0 Å². The lowest BCUT2D eigenvalue weighted by atomic mass is 10.2. The number of hydrogen-bond acceptors (Lipinski definition) is 4. The highest BCUT2D eigenvalue weighted by Gasteiger charge is 2.36. The minimum absolute atomic E-state index is 0.321. The third-order valence-corrected chi connectivity index (χ3v) is 5.18. The number of benzene rings is 1. The summed E-state index contributed by atoms with van der Waals surface area (Å²) in [7, 11) is -3.28. The van der Waals surface area contributed by atoms with Crippen molar-refractivity contribution in [1.29, 1.82) is 0 Å². The molecular formula is C14H22ClO4P. The second-order valence-corrected chi connectivity index (χ2v) is 6.72. The van der Waals surface area contributed by atoms with Gasteiger partial charge in [0.05, 0.1) is 13.2 Å². The van der Waals surface area contributed by atoms with Crippen LogP contribution >= 0.6 is 19.2 Å². The number of rotatable bonds is 9. The SMILES string of the molecule is CCOC(Cc1ccc(Cl)cc1)P(=O)(OCC)OCC. The van der Waals surface area contributed by atoms with Gasteiger partial charge < -0.3 is 13.8 Å². The zero-order chi connectivity index (χ0) is 15.0. The van der Waals surface area contributed by atoms with Gasteiger partial charge in [0, 0.05) is 18.1 Å². The molecule has 1 atom stereocenters. The molecule has 0 fully saturated rings. The molecule has 0 radical (unpaired) electrons. The third-order valence-electron chi connectivity index (χ3n) is 2.65. The Morgan fingerprint density at radius 2 is 1.60 bits per heavy atom. The topological polar surface area (TPSA) is 44.8 Å². The van der Waals surface area contributed by atoms with Crippen molar-refractivity contribution in [2.24, 2.45) is 0 Å². The van der Waals surface area contributed by atoms with Gasteiger partial charge in [-0.05, 0) is 38.5 Å². The standard InChI is InChI=1S/C14H22ClO4P/c1-4-17-14(20(16,18-5-2)19-6-3)11-12-7-9-13(15)10-8-12/h7-10,14H,4-6,11H2,1-3H3. The van der Waals surface area contributed by atoms with E-state index < -0.39 is 13.4 Å². The van der Waals surface area contributed by atoms with Gasteiger partial charge in [-0.25, -0.2) is 0 Å². The summed E-state index contributed by atoms with van der Waals surface area (Å²) in [5, 5.41) is 0.666. The first kappa shape index (κ1) is 17.7. The van der Waals surface area contributed by atoms with E-state index in [0.29, 0.717) is 31.3 Å². The van der Waals surface area contributed by atoms with Gasteiger partial charge in [-0.3, -0.25) is 4.57 Å². The molecule has 0 amide bonds. The van der Waals surface area contributed by atoms with Gasteiger partial charge in [0.1, 0.15) is 0 Å². The molecule has 0 N–H and O–H groups in total. The zero-order valence-electron chi connectivity index (χ0n) is 12.2. The summed E-state index contributed by atoms with van der Waals surface area (Å²) in [6.45, 7) is 6.52. The molecule has 0 heterocycles. The Labute approximate surface area is 125 Å². The van der Waals surface area contributed by atoms with Gasteiger partial charge in [-0.15, -0.1) is 0 Å². The van der Waals surface area contributed by atoms with Crippen molar-refractivity contribution >= 4 is 19.2 Å². The molecule has 0 aliphatic heterocycles. The van der Waals surface area contributed by atoms with Crippen LogP contribution in [0.25, 0.3) is 0 Å². The number of hydrogen-bond donors (Lipinski definition) is 0. The highest BCUT2D eigenvalue weighted by molar-refractivity contribution is 7.54. The fraction of sp³-hybridized carbons (Fsp3) is 0.571. The molecule has 0 saturated carbocycles. The van der Waals surface area contributed by atoms with E-state index in [2.05, 4.69) is 0 Å². The van der Waals surface area contributed by atoms with E-state index in [0.717, 1.165) is 5.56 Å². The van der Waals surface area contributed by atoms with Crippen molar-refractivity contribution < 1.29 is 18.3 Å². The molecule has 1 unspecified atom stereocenters. The van der Waals surface area contributed by atoms with E-state index in [9.17, 15) is 4.57 Å². The molecule has 0 spiro atoms. The van der Waals surface area contributed by atoms with E-state index >= 15 is 0 Å². The molecule has 4 nitrogen and oxygen atoms in total. The maximum Gasteiger partial charge on any atom is 0.359 e. The smallest absolute Gasteiger partial charge is 0.359 e. The van der Waals surface area contributed by atoms with Crippen molar-refractivity contribution in [3.05, 3.63) is 34.9 Å². The summed E-state index contributed by atoms with van der Waals surface area (Å²) in [6, 6.07) is 7.37. The van der Waals surface area contributed by atoms with E-state index in [1.807, 2.05) is 19.1 Å². The summed E-state index contributed by atoms with van der Waals surface area (Å²) in [6.07, 6.45) is 0.461. The van der Waals surface area contributed by atoms with Crippen LogP contribution in [-0.2, 0) is 24.8 Å². The van der Waals surface area contributed by atoms with Crippen molar-refractivity contribution in [3.8, 4) is 0 Å². The maximum absolute atomic E-state index is 12.8. The summed E-state index contributed by atoms with van der Waals surface area (Å²) in [5.41, 5.74) is 0.979. The molecule has 20 heavy (non-hydrogen) atoms. The van der Waals surface area contributed by atoms with Gasteiger partial charge in [0.2, 0.25) is 0 Å². The lowest BCUT2D eigenvalue weighted by molar-refractivity contribution is 0.0785. The molecule has 114 valence electrons. The second-order valence-electron chi connectivity index (χ2n) is 4.12. The van der Waals surface area contributed by atoms with Gasteiger partial charge in [-0.2, -0.15) is 0 Å². The molecule has 0 aromatic heterocycles. The fourth-order valence-corrected chi connectivity index (χ4v) is 3.86. The van der Waals surface area contributed by atoms with Crippen LogP contribution in [0.1, 0.15) is 26.3 Å². The van der Waals surface area contributed by atoms with Crippen LogP contribution in [0.2, 0.25) is 5.02 Å². The number of halogens is 1. The summed E-state index contributed by atoms with van der Waals surface area (Å²) >= 11 is 5.86. The molecule has 0 saturated heterocycles. The third kappa shape index (κ3) is 5.19. The quantitative estimate of drug-likeness (QED) is 0.628. The number of ether oxygens (including phenoxy) is 1. The van der Waals surface area contributed by atoms with Crippen LogP contribution in [0.15, 0.2) is 24.3 Å².